The predicted octanol–water partition coefficient (Wildman–Crippen LogP) is 1.53. The number of nitrogens with zero attached hydrogens (tertiary/aromatic N) is 1. The van der Waals surface area contributed by atoms with E-state index in [1.807, 2.05) is 0 Å². The first-order valence-electron chi connectivity index (χ1n) is 6.26. The van der Waals surface area contributed by atoms with E-state index in [9.17, 15) is 5.02 Å². The summed E-state index contributed by atoms with van der Waals surface area (Å²) in [6, 6.07) is 8.57. The number of fused-ring (bicyclic) bond motifs is 1. The van der Waals surface area contributed by atoms with Crippen LogP contribution in [0.4, 0.5) is 5.69 Å². The highest BCUT2D eigenvalue weighted by molar-refractivity contribution is 6.45. The lowest BCUT2D eigenvalue weighted by Crippen LogP contribution is -2.54. The third-order valence-corrected chi connectivity index (χ3v) is 3.17. The predicted molar refractivity (Wildman–Crippen MR) is 73.4 cm³/mol. The molecule has 17 heavy (non-hydrogen) atoms. The second-order valence-corrected chi connectivity index (χ2v) is 5.50. The van der Waals surface area contributed by atoms with Crippen molar-refractivity contribution >= 4 is 12.7 Å². The van der Waals surface area contributed by atoms with E-state index in [0.717, 1.165) is 19.5 Å². The molecule has 0 unspecified atom stereocenters. The molecule has 2 N–H and O–H groups in total. The van der Waals surface area contributed by atoms with Gasteiger partial charge in [-0.25, -0.2) is 0 Å². The number of nitrogens with one attached hydrogen (secondary N) is 1. The van der Waals surface area contributed by atoms with Crippen molar-refractivity contribution in [1.29, 1.82) is 0 Å². The number of benzene rings is 1. The van der Waals surface area contributed by atoms with Gasteiger partial charge in [0, 0.05) is 24.3 Å². The van der Waals surface area contributed by atoms with Gasteiger partial charge in [0.25, 0.3) is 0 Å². The Morgan fingerprint density at radius 1 is 1.41 bits per heavy atom. The molecule has 0 amide bonds. The molecule has 4 heteroatoms. The van der Waals surface area contributed by atoms with Gasteiger partial charge < -0.3 is 15.2 Å². The molecule has 0 aromatic heterocycles. The van der Waals surface area contributed by atoms with Gasteiger partial charge in [-0.3, -0.25) is 0 Å². The van der Waals surface area contributed by atoms with E-state index in [2.05, 4.69) is 48.2 Å². The summed E-state index contributed by atoms with van der Waals surface area (Å²) in [5.41, 5.74) is 2.68. The summed E-state index contributed by atoms with van der Waals surface area (Å²) in [6.07, 6.45) is 1.13. The maximum Gasteiger partial charge on any atom is 0.374 e. The smallest absolute Gasteiger partial charge is 0.374 e. The molecule has 3 nitrogen and oxygen atoms in total. The molecule has 1 aromatic carbocycles. The molecule has 0 spiro atoms. The Labute approximate surface area is 104 Å². The fraction of sp³-hybridized carbons (Fsp3) is 0.538. The topological polar surface area (TPSA) is 35.5 Å². The molecule has 0 radical (unpaired) electrons. The van der Waals surface area contributed by atoms with Gasteiger partial charge >= 0.3 is 7.05 Å². The summed E-state index contributed by atoms with van der Waals surface area (Å²) < 4.78 is 0. The molecule has 0 aliphatic carbocycles. The Balaban J connectivity index is 2.06. The molecule has 0 atom stereocenters. The van der Waals surface area contributed by atoms with E-state index >= 15 is 0 Å². The third kappa shape index (κ3) is 3.02. The van der Waals surface area contributed by atoms with Gasteiger partial charge in [-0.15, -0.1) is 0 Å². The van der Waals surface area contributed by atoms with Crippen LogP contribution < -0.4 is 10.1 Å². The van der Waals surface area contributed by atoms with Crippen LogP contribution in [0.3, 0.4) is 0 Å². The number of rotatable bonds is 4. The standard InChI is InChI=1S/C13H21BN2O/c1-13(2,15-14(3)17)10-16-9-8-11-6-4-5-7-12(11)16/h4-7,15,17H,8-10H2,1-3H3. The van der Waals surface area contributed by atoms with Crippen molar-refractivity contribution in [2.24, 2.45) is 0 Å². The number of anilines is 1. The van der Waals surface area contributed by atoms with Gasteiger partial charge in [-0.1, -0.05) is 18.2 Å². The average Bonchev–Trinajstić information content (AvgIpc) is 2.59. The number of para-hydroxylation sites is 1. The maximum atomic E-state index is 9.43. The van der Waals surface area contributed by atoms with Crippen LogP contribution in [0.1, 0.15) is 19.4 Å². The Bertz CT molecular complexity index is 393. The summed E-state index contributed by atoms with van der Waals surface area (Å²) in [6.45, 7) is 8.00. The lowest BCUT2D eigenvalue weighted by molar-refractivity contribution is 0.426. The highest BCUT2D eigenvalue weighted by atomic mass is 16.2. The summed E-state index contributed by atoms with van der Waals surface area (Å²) in [7, 11) is -0.470. The highest BCUT2D eigenvalue weighted by Crippen LogP contribution is 2.28. The van der Waals surface area contributed by atoms with Gasteiger partial charge in [-0.05, 0) is 38.7 Å². The first kappa shape index (κ1) is 12.5. The van der Waals surface area contributed by atoms with Crippen LogP contribution in [-0.4, -0.2) is 30.7 Å². The van der Waals surface area contributed by atoms with E-state index in [4.69, 9.17) is 0 Å². The quantitative estimate of drug-likeness (QED) is 0.773. The second-order valence-electron chi connectivity index (χ2n) is 5.50. The van der Waals surface area contributed by atoms with Crippen molar-refractivity contribution in [3.8, 4) is 0 Å². The summed E-state index contributed by atoms with van der Waals surface area (Å²) in [5.74, 6) is 0. The lowest BCUT2D eigenvalue weighted by atomic mass is 9.83. The van der Waals surface area contributed by atoms with Crippen molar-refractivity contribution in [1.82, 2.24) is 5.23 Å². The molecule has 0 bridgehead atoms. The molecular formula is C13H21BN2O. The van der Waals surface area contributed by atoms with E-state index in [-0.39, 0.29) is 5.54 Å². The first-order valence-corrected chi connectivity index (χ1v) is 6.26. The Kier molecular flexibility index (Phi) is 3.45. The van der Waals surface area contributed by atoms with E-state index in [1.165, 1.54) is 11.3 Å². The van der Waals surface area contributed by atoms with Crippen LogP contribution in [0, 0.1) is 0 Å². The van der Waals surface area contributed by atoms with Crippen molar-refractivity contribution in [3.05, 3.63) is 29.8 Å². The van der Waals surface area contributed by atoms with Gasteiger partial charge in [-0.2, -0.15) is 0 Å². The molecule has 1 aromatic rings. The Hall–Kier alpha value is -0.995. The van der Waals surface area contributed by atoms with Crippen molar-refractivity contribution in [3.63, 3.8) is 0 Å². The fourth-order valence-corrected chi connectivity index (χ4v) is 2.66. The number of hydrogen-bond donors (Lipinski definition) is 2. The van der Waals surface area contributed by atoms with Crippen LogP contribution in [-0.2, 0) is 6.42 Å². The molecule has 92 valence electrons. The van der Waals surface area contributed by atoms with Gasteiger partial charge in [0.15, 0.2) is 0 Å². The maximum absolute atomic E-state index is 9.43. The third-order valence-electron chi connectivity index (χ3n) is 3.17. The summed E-state index contributed by atoms with van der Waals surface area (Å²) in [4.78, 5) is 2.39. The Morgan fingerprint density at radius 3 is 2.82 bits per heavy atom. The molecule has 1 heterocycles. The van der Waals surface area contributed by atoms with Crippen molar-refractivity contribution in [2.45, 2.75) is 32.6 Å². The largest absolute Gasteiger partial charge is 0.437 e. The fourth-order valence-electron chi connectivity index (χ4n) is 2.66. The molecule has 1 aliphatic rings. The number of hydrogen-bond acceptors (Lipinski definition) is 3. The van der Waals surface area contributed by atoms with Crippen molar-refractivity contribution < 1.29 is 5.02 Å². The van der Waals surface area contributed by atoms with Crippen LogP contribution in [0.5, 0.6) is 0 Å². The minimum Gasteiger partial charge on any atom is -0.437 e. The van der Waals surface area contributed by atoms with Gasteiger partial charge in [0.05, 0.1) is 0 Å². The molecule has 0 saturated heterocycles. The van der Waals surface area contributed by atoms with E-state index < -0.39 is 7.05 Å². The van der Waals surface area contributed by atoms with Crippen molar-refractivity contribution in [2.75, 3.05) is 18.0 Å². The molecule has 0 fully saturated rings. The van der Waals surface area contributed by atoms with Crippen LogP contribution in [0.25, 0.3) is 0 Å². The summed E-state index contributed by atoms with van der Waals surface area (Å²) >= 11 is 0. The van der Waals surface area contributed by atoms with Crippen LogP contribution >= 0.6 is 0 Å². The zero-order chi connectivity index (χ0) is 12.5. The second kappa shape index (κ2) is 4.71. The zero-order valence-corrected chi connectivity index (χ0v) is 10.9. The zero-order valence-electron chi connectivity index (χ0n) is 10.9. The summed E-state index contributed by atoms with van der Waals surface area (Å²) in [5, 5.41) is 12.6. The minimum atomic E-state index is -0.470. The van der Waals surface area contributed by atoms with Gasteiger partial charge in [0.2, 0.25) is 0 Å². The van der Waals surface area contributed by atoms with Crippen LogP contribution in [0.2, 0.25) is 6.82 Å². The van der Waals surface area contributed by atoms with E-state index in [1.54, 1.807) is 6.82 Å². The average molecular weight is 232 g/mol. The first-order chi connectivity index (χ1) is 7.98. The normalized spacial score (nSPS) is 14.9. The molecule has 0 saturated carbocycles. The Morgan fingerprint density at radius 2 is 2.12 bits per heavy atom. The van der Waals surface area contributed by atoms with E-state index in [0.29, 0.717) is 0 Å². The molecular weight excluding hydrogens is 211 g/mol. The highest BCUT2D eigenvalue weighted by Gasteiger charge is 2.27. The molecule has 2 rings (SSSR count). The van der Waals surface area contributed by atoms with Crippen LogP contribution in [0.15, 0.2) is 24.3 Å². The lowest BCUT2D eigenvalue weighted by Gasteiger charge is -2.33. The molecule has 1 aliphatic heterocycles. The SMILES string of the molecule is CB(O)NC(C)(C)CN1CCc2ccccc21. The monoisotopic (exact) mass is 232 g/mol. The van der Waals surface area contributed by atoms with Gasteiger partial charge in [0.1, 0.15) is 0 Å². The minimum absolute atomic E-state index is 0.0916.